The summed E-state index contributed by atoms with van der Waals surface area (Å²) in [5, 5.41) is 17.2. The average Bonchev–Trinajstić information content (AvgIpc) is 2.96. The number of carbonyl (C=O) groups excluding carboxylic acids is 1. The number of amides is 1. The molecular weight excluding hydrogens is 296 g/mol. The summed E-state index contributed by atoms with van der Waals surface area (Å²) in [6, 6.07) is 6.85. The standard InChI is InChI=1S/C16H18N4O3/c1-19-10-17-18-14(19)6-7-15(21)20-9-12-5-3-2-4-11(12)8-13(20)16(22)23/h2-5,10,13H,6-9H2,1H3,(H,22,23)/t13-/m1/s1. The molecular formula is C16H18N4O3. The normalized spacial score (nSPS) is 16.9. The van der Waals surface area contributed by atoms with E-state index >= 15 is 0 Å². The van der Waals surface area contributed by atoms with Crippen LogP contribution in [-0.4, -0.2) is 42.7 Å². The zero-order chi connectivity index (χ0) is 16.4. The van der Waals surface area contributed by atoms with Gasteiger partial charge in [0.2, 0.25) is 5.91 Å². The molecule has 1 atom stereocenters. The Hall–Kier alpha value is -2.70. The molecule has 0 bridgehead atoms. The number of nitrogens with zero attached hydrogens (tertiary/aromatic N) is 4. The van der Waals surface area contributed by atoms with Crippen molar-refractivity contribution in [2.75, 3.05) is 0 Å². The van der Waals surface area contributed by atoms with Crippen molar-refractivity contribution in [3.05, 3.63) is 47.5 Å². The number of hydrogen-bond acceptors (Lipinski definition) is 4. The summed E-state index contributed by atoms with van der Waals surface area (Å²) in [5.74, 6) is -0.427. The number of carboxylic acid groups (broad SMARTS) is 1. The summed E-state index contributed by atoms with van der Waals surface area (Å²) in [7, 11) is 1.82. The minimum Gasteiger partial charge on any atom is -0.480 e. The molecule has 0 aliphatic carbocycles. The van der Waals surface area contributed by atoms with Gasteiger partial charge >= 0.3 is 5.97 Å². The van der Waals surface area contributed by atoms with Crippen LogP contribution < -0.4 is 0 Å². The number of benzene rings is 1. The fourth-order valence-corrected chi connectivity index (χ4v) is 2.90. The summed E-state index contributed by atoms with van der Waals surface area (Å²) in [6.07, 6.45) is 2.59. The van der Waals surface area contributed by atoms with Crippen LogP contribution >= 0.6 is 0 Å². The predicted octanol–water partition coefficient (Wildman–Crippen LogP) is 0.786. The Morgan fingerprint density at radius 1 is 1.30 bits per heavy atom. The molecule has 2 aromatic rings. The van der Waals surface area contributed by atoms with Crippen molar-refractivity contribution < 1.29 is 14.7 Å². The van der Waals surface area contributed by atoms with Gasteiger partial charge < -0.3 is 14.6 Å². The number of aryl methyl sites for hydroxylation is 2. The number of aromatic nitrogens is 3. The lowest BCUT2D eigenvalue weighted by molar-refractivity contribution is -0.151. The molecule has 120 valence electrons. The molecule has 7 heteroatoms. The van der Waals surface area contributed by atoms with Gasteiger partial charge in [-0.3, -0.25) is 4.79 Å². The number of aliphatic carboxylic acids is 1. The quantitative estimate of drug-likeness (QED) is 0.901. The van der Waals surface area contributed by atoms with Gasteiger partial charge in [-0.15, -0.1) is 10.2 Å². The minimum absolute atomic E-state index is 0.171. The third kappa shape index (κ3) is 3.08. The Morgan fingerprint density at radius 2 is 2.04 bits per heavy atom. The first-order chi connectivity index (χ1) is 11.1. The van der Waals surface area contributed by atoms with E-state index < -0.39 is 12.0 Å². The van der Waals surface area contributed by atoms with Crippen molar-refractivity contribution >= 4 is 11.9 Å². The molecule has 1 N–H and O–H groups in total. The van der Waals surface area contributed by atoms with E-state index in [2.05, 4.69) is 10.2 Å². The molecule has 1 aliphatic heterocycles. The Kier molecular flexibility index (Phi) is 4.10. The van der Waals surface area contributed by atoms with Crippen LogP contribution in [0.25, 0.3) is 0 Å². The average molecular weight is 314 g/mol. The first kappa shape index (κ1) is 15.2. The topological polar surface area (TPSA) is 88.3 Å². The molecule has 0 radical (unpaired) electrons. The third-order valence-electron chi connectivity index (χ3n) is 4.22. The Labute approximate surface area is 133 Å². The van der Waals surface area contributed by atoms with Crippen molar-refractivity contribution in [1.82, 2.24) is 19.7 Å². The number of carbonyl (C=O) groups is 2. The monoisotopic (exact) mass is 314 g/mol. The van der Waals surface area contributed by atoms with E-state index in [0.717, 1.165) is 11.1 Å². The number of hydrogen-bond donors (Lipinski definition) is 1. The molecule has 0 saturated carbocycles. The van der Waals surface area contributed by atoms with Gasteiger partial charge in [-0.05, 0) is 11.1 Å². The molecule has 1 amide bonds. The molecule has 7 nitrogen and oxygen atoms in total. The van der Waals surface area contributed by atoms with E-state index in [9.17, 15) is 14.7 Å². The van der Waals surface area contributed by atoms with Crippen LogP contribution in [0, 0.1) is 0 Å². The highest BCUT2D eigenvalue weighted by molar-refractivity contribution is 5.84. The molecule has 0 saturated heterocycles. The van der Waals surface area contributed by atoms with Crippen LogP contribution in [0.5, 0.6) is 0 Å². The molecule has 0 unspecified atom stereocenters. The highest BCUT2D eigenvalue weighted by atomic mass is 16.4. The van der Waals surface area contributed by atoms with E-state index in [4.69, 9.17) is 0 Å². The van der Waals surface area contributed by atoms with Crippen molar-refractivity contribution in [2.45, 2.75) is 31.8 Å². The van der Waals surface area contributed by atoms with Crippen molar-refractivity contribution in [3.8, 4) is 0 Å². The molecule has 0 fully saturated rings. The van der Waals surface area contributed by atoms with Crippen molar-refractivity contribution in [1.29, 1.82) is 0 Å². The van der Waals surface area contributed by atoms with Gasteiger partial charge in [0.05, 0.1) is 0 Å². The molecule has 3 rings (SSSR count). The second kappa shape index (κ2) is 6.20. The van der Waals surface area contributed by atoms with Gasteiger partial charge in [0.1, 0.15) is 18.2 Å². The van der Waals surface area contributed by atoms with Crippen molar-refractivity contribution in [2.24, 2.45) is 7.05 Å². The first-order valence-corrected chi connectivity index (χ1v) is 7.48. The number of rotatable bonds is 4. The van der Waals surface area contributed by atoms with Crippen LogP contribution in [0.1, 0.15) is 23.4 Å². The zero-order valence-corrected chi connectivity index (χ0v) is 12.8. The smallest absolute Gasteiger partial charge is 0.326 e. The Morgan fingerprint density at radius 3 is 2.70 bits per heavy atom. The molecule has 1 aliphatic rings. The van der Waals surface area contributed by atoms with Crippen LogP contribution in [0.2, 0.25) is 0 Å². The van der Waals surface area contributed by atoms with Crippen molar-refractivity contribution in [3.63, 3.8) is 0 Å². The van der Waals surface area contributed by atoms with Gasteiger partial charge in [-0.2, -0.15) is 0 Å². The van der Waals surface area contributed by atoms with Crippen LogP contribution in [0.4, 0.5) is 0 Å². The second-order valence-corrected chi connectivity index (χ2v) is 5.71. The Balaban J connectivity index is 1.75. The lowest BCUT2D eigenvalue weighted by atomic mass is 9.93. The highest BCUT2D eigenvalue weighted by Gasteiger charge is 2.34. The van der Waals surface area contributed by atoms with E-state index in [0.29, 0.717) is 25.2 Å². The van der Waals surface area contributed by atoms with E-state index in [-0.39, 0.29) is 12.3 Å². The largest absolute Gasteiger partial charge is 0.480 e. The van der Waals surface area contributed by atoms with E-state index in [1.54, 1.807) is 10.9 Å². The molecule has 1 aromatic heterocycles. The lowest BCUT2D eigenvalue weighted by Crippen LogP contribution is -2.48. The molecule has 1 aromatic carbocycles. The maximum absolute atomic E-state index is 12.5. The fourth-order valence-electron chi connectivity index (χ4n) is 2.90. The molecule has 0 spiro atoms. The number of carboxylic acids is 1. The zero-order valence-electron chi connectivity index (χ0n) is 12.8. The first-order valence-electron chi connectivity index (χ1n) is 7.48. The van der Waals surface area contributed by atoms with E-state index in [1.807, 2.05) is 31.3 Å². The summed E-state index contributed by atoms with van der Waals surface area (Å²) < 4.78 is 1.76. The predicted molar refractivity (Wildman–Crippen MR) is 81.4 cm³/mol. The second-order valence-electron chi connectivity index (χ2n) is 5.71. The van der Waals surface area contributed by atoms with Crippen LogP contribution in [0.15, 0.2) is 30.6 Å². The Bertz CT molecular complexity index is 740. The van der Waals surface area contributed by atoms with Gasteiger partial charge in [0.25, 0.3) is 0 Å². The fraction of sp³-hybridized carbons (Fsp3) is 0.375. The lowest BCUT2D eigenvalue weighted by Gasteiger charge is -2.34. The molecule has 23 heavy (non-hydrogen) atoms. The van der Waals surface area contributed by atoms with Crippen LogP contribution in [-0.2, 0) is 36.0 Å². The van der Waals surface area contributed by atoms with Gasteiger partial charge in [-0.25, -0.2) is 4.79 Å². The summed E-state index contributed by atoms with van der Waals surface area (Å²) >= 11 is 0. The van der Waals surface area contributed by atoms with Crippen LogP contribution in [0.3, 0.4) is 0 Å². The third-order valence-corrected chi connectivity index (χ3v) is 4.22. The van der Waals surface area contributed by atoms with Gasteiger partial charge in [-0.1, -0.05) is 24.3 Å². The SMILES string of the molecule is Cn1cnnc1CCC(=O)N1Cc2ccccc2C[C@@H]1C(=O)O. The maximum atomic E-state index is 12.5. The minimum atomic E-state index is -0.966. The summed E-state index contributed by atoms with van der Waals surface area (Å²) in [4.78, 5) is 25.5. The molecule has 2 heterocycles. The summed E-state index contributed by atoms with van der Waals surface area (Å²) in [6.45, 7) is 0.338. The van der Waals surface area contributed by atoms with Gasteiger partial charge in [0.15, 0.2) is 0 Å². The van der Waals surface area contributed by atoms with E-state index in [1.165, 1.54) is 4.90 Å². The summed E-state index contributed by atoms with van der Waals surface area (Å²) in [5.41, 5.74) is 2.01. The maximum Gasteiger partial charge on any atom is 0.326 e. The number of fused-ring (bicyclic) bond motifs is 1. The van der Waals surface area contributed by atoms with Gasteiger partial charge in [0, 0.05) is 32.9 Å². The highest BCUT2D eigenvalue weighted by Crippen LogP contribution is 2.24.